The van der Waals surface area contributed by atoms with Crippen LogP contribution in [0, 0.1) is 0 Å². The third-order valence-corrected chi connectivity index (χ3v) is 3.81. The Morgan fingerprint density at radius 1 is 1.26 bits per heavy atom. The Balaban J connectivity index is 1.89. The van der Waals surface area contributed by atoms with E-state index in [-0.39, 0.29) is 6.10 Å². The molecule has 1 aliphatic heterocycles. The smallest absolute Gasteiger partial charge is 0.119 e. The van der Waals surface area contributed by atoms with E-state index in [1.54, 1.807) is 0 Å². The number of hydrogen-bond acceptors (Lipinski definition) is 3. The van der Waals surface area contributed by atoms with E-state index in [1.165, 1.54) is 25.1 Å². The molecule has 0 saturated carbocycles. The van der Waals surface area contributed by atoms with Gasteiger partial charge in [-0.25, -0.2) is 0 Å². The zero-order valence-corrected chi connectivity index (χ0v) is 12.5. The standard InChI is InChI=1S/C16H26N2O/c1-12(2)19-16-7-5-14(6-8-16)17-15-9-10-18(4)13(3)11-15/h5-8,12-13,15,17H,9-11H2,1-4H3. The number of nitrogens with one attached hydrogen (secondary N) is 1. The zero-order chi connectivity index (χ0) is 13.8. The molecule has 106 valence electrons. The van der Waals surface area contributed by atoms with Crippen LogP contribution in [0.4, 0.5) is 5.69 Å². The van der Waals surface area contributed by atoms with E-state index in [0.29, 0.717) is 12.1 Å². The maximum atomic E-state index is 5.66. The molecule has 0 bridgehead atoms. The second kappa shape index (κ2) is 6.29. The van der Waals surface area contributed by atoms with Crippen molar-refractivity contribution in [2.75, 3.05) is 18.9 Å². The van der Waals surface area contributed by atoms with Gasteiger partial charge in [-0.15, -0.1) is 0 Å². The molecule has 3 heteroatoms. The van der Waals surface area contributed by atoms with Crippen LogP contribution < -0.4 is 10.1 Å². The summed E-state index contributed by atoms with van der Waals surface area (Å²) < 4.78 is 5.66. The van der Waals surface area contributed by atoms with Crippen LogP contribution in [0.5, 0.6) is 5.75 Å². The molecule has 2 unspecified atom stereocenters. The van der Waals surface area contributed by atoms with Crippen molar-refractivity contribution in [2.24, 2.45) is 0 Å². The van der Waals surface area contributed by atoms with Crippen LogP contribution in [0.1, 0.15) is 33.6 Å². The lowest BCUT2D eigenvalue weighted by Crippen LogP contribution is -2.42. The Kier molecular flexibility index (Phi) is 4.70. The van der Waals surface area contributed by atoms with Crippen molar-refractivity contribution in [3.63, 3.8) is 0 Å². The highest BCUT2D eigenvalue weighted by Crippen LogP contribution is 2.22. The summed E-state index contributed by atoms with van der Waals surface area (Å²) in [7, 11) is 2.21. The van der Waals surface area contributed by atoms with Gasteiger partial charge in [0.2, 0.25) is 0 Å². The number of piperidine rings is 1. The van der Waals surface area contributed by atoms with Crippen LogP contribution in [-0.4, -0.2) is 36.7 Å². The first-order valence-corrected chi connectivity index (χ1v) is 7.28. The Morgan fingerprint density at radius 2 is 1.95 bits per heavy atom. The normalized spacial score (nSPS) is 24.5. The van der Waals surface area contributed by atoms with Crippen molar-refractivity contribution < 1.29 is 4.74 Å². The molecule has 1 aliphatic rings. The van der Waals surface area contributed by atoms with E-state index in [9.17, 15) is 0 Å². The molecule has 19 heavy (non-hydrogen) atoms. The summed E-state index contributed by atoms with van der Waals surface area (Å²) in [5.74, 6) is 0.942. The van der Waals surface area contributed by atoms with Gasteiger partial charge in [-0.05, 0) is 64.9 Å². The molecule has 0 amide bonds. The van der Waals surface area contributed by atoms with Crippen LogP contribution in [0.15, 0.2) is 24.3 Å². The molecule has 0 aliphatic carbocycles. The molecule has 0 spiro atoms. The fourth-order valence-corrected chi connectivity index (χ4v) is 2.56. The van der Waals surface area contributed by atoms with Crippen molar-refractivity contribution in [1.29, 1.82) is 0 Å². The summed E-state index contributed by atoms with van der Waals surface area (Å²) in [5.41, 5.74) is 1.19. The number of anilines is 1. The minimum Gasteiger partial charge on any atom is -0.491 e. The van der Waals surface area contributed by atoms with Crippen molar-refractivity contribution in [1.82, 2.24) is 4.90 Å². The molecular weight excluding hydrogens is 236 g/mol. The van der Waals surface area contributed by atoms with E-state index in [1.807, 2.05) is 26.0 Å². The summed E-state index contributed by atoms with van der Waals surface area (Å²) in [5, 5.41) is 3.63. The number of likely N-dealkylation sites (tertiary alicyclic amines) is 1. The number of hydrogen-bond donors (Lipinski definition) is 1. The van der Waals surface area contributed by atoms with E-state index >= 15 is 0 Å². The first kappa shape index (κ1) is 14.2. The molecule has 2 rings (SSSR count). The lowest BCUT2D eigenvalue weighted by molar-refractivity contribution is 0.190. The van der Waals surface area contributed by atoms with Crippen LogP contribution in [0.3, 0.4) is 0 Å². The Hall–Kier alpha value is -1.22. The van der Waals surface area contributed by atoms with Gasteiger partial charge in [0, 0.05) is 24.3 Å². The summed E-state index contributed by atoms with van der Waals surface area (Å²) in [4.78, 5) is 2.43. The van der Waals surface area contributed by atoms with E-state index in [0.717, 1.165) is 5.75 Å². The number of rotatable bonds is 4. The second-order valence-corrected chi connectivity index (χ2v) is 5.89. The van der Waals surface area contributed by atoms with Gasteiger partial charge >= 0.3 is 0 Å². The predicted molar refractivity (Wildman–Crippen MR) is 80.9 cm³/mol. The van der Waals surface area contributed by atoms with E-state index < -0.39 is 0 Å². The third-order valence-electron chi connectivity index (χ3n) is 3.81. The molecule has 3 nitrogen and oxygen atoms in total. The fourth-order valence-electron chi connectivity index (χ4n) is 2.56. The summed E-state index contributed by atoms with van der Waals surface area (Å²) in [6.45, 7) is 7.57. The number of ether oxygens (including phenoxy) is 1. The van der Waals surface area contributed by atoms with Crippen molar-refractivity contribution in [3.05, 3.63) is 24.3 Å². The van der Waals surface area contributed by atoms with Gasteiger partial charge in [0.05, 0.1) is 6.10 Å². The quantitative estimate of drug-likeness (QED) is 0.900. The van der Waals surface area contributed by atoms with Gasteiger partial charge in [0.25, 0.3) is 0 Å². The minimum absolute atomic E-state index is 0.230. The Morgan fingerprint density at radius 3 is 2.53 bits per heavy atom. The molecule has 1 heterocycles. The Bertz CT molecular complexity index is 388. The Labute approximate surface area is 116 Å². The third kappa shape index (κ3) is 4.13. The van der Waals surface area contributed by atoms with Gasteiger partial charge in [-0.3, -0.25) is 0 Å². The highest BCUT2D eigenvalue weighted by Gasteiger charge is 2.22. The van der Waals surface area contributed by atoms with Crippen molar-refractivity contribution in [3.8, 4) is 5.75 Å². The largest absolute Gasteiger partial charge is 0.491 e. The van der Waals surface area contributed by atoms with Crippen molar-refractivity contribution in [2.45, 2.75) is 51.8 Å². The minimum atomic E-state index is 0.230. The first-order chi connectivity index (χ1) is 9.04. The SMILES string of the molecule is CC(C)Oc1ccc(NC2CCN(C)C(C)C2)cc1. The molecular formula is C16H26N2O. The fraction of sp³-hybridized carbons (Fsp3) is 0.625. The summed E-state index contributed by atoms with van der Waals surface area (Å²) in [6, 6.07) is 9.56. The summed E-state index contributed by atoms with van der Waals surface area (Å²) >= 11 is 0. The van der Waals surface area contributed by atoms with Crippen molar-refractivity contribution >= 4 is 5.69 Å². The summed E-state index contributed by atoms with van der Waals surface area (Å²) in [6.07, 6.45) is 2.65. The van der Waals surface area contributed by atoms with Crippen LogP contribution in [0.25, 0.3) is 0 Å². The highest BCUT2D eigenvalue weighted by atomic mass is 16.5. The lowest BCUT2D eigenvalue weighted by atomic mass is 9.99. The van der Waals surface area contributed by atoms with Gasteiger partial charge in [-0.2, -0.15) is 0 Å². The lowest BCUT2D eigenvalue weighted by Gasteiger charge is -2.35. The molecule has 1 fully saturated rings. The maximum Gasteiger partial charge on any atom is 0.119 e. The monoisotopic (exact) mass is 262 g/mol. The van der Waals surface area contributed by atoms with Gasteiger partial charge in [0.15, 0.2) is 0 Å². The van der Waals surface area contributed by atoms with Gasteiger partial charge < -0.3 is 15.0 Å². The molecule has 1 aromatic rings. The maximum absolute atomic E-state index is 5.66. The predicted octanol–water partition coefficient (Wildman–Crippen LogP) is 3.37. The molecule has 1 N–H and O–H groups in total. The van der Waals surface area contributed by atoms with Crippen LogP contribution in [-0.2, 0) is 0 Å². The zero-order valence-electron chi connectivity index (χ0n) is 12.5. The molecule has 1 aromatic carbocycles. The topological polar surface area (TPSA) is 24.5 Å². The first-order valence-electron chi connectivity index (χ1n) is 7.28. The molecule has 2 atom stereocenters. The molecule has 1 saturated heterocycles. The van der Waals surface area contributed by atoms with Gasteiger partial charge in [-0.1, -0.05) is 0 Å². The molecule has 0 aromatic heterocycles. The number of benzene rings is 1. The van der Waals surface area contributed by atoms with E-state index in [4.69, 9.17) is 4.74 Å². The van der Waals surface area contributed by atoms with Crippen LogP contribution >= 0.6 is 0 Å². The molecule has 0 radical (unpaired) electrons. The highest BCUT2D eigenvalue weighted by molar-refractivity contribution is 5.47. The average molecular weight is 262 g/mol. The second-order valence-electron chi connectivity index (χ2n) is 5.89. The van der Waals surface area contributed by atoms with E-state index in [2.05, 4.69) is 36.3 Å². The van der Waals surface area contributed by atoms with Crippen LogP contribution in [0.2, 0.25) is 0 Å². The number of nitrogens with zero attached hydrogens (tertiary/aromatic N) is 1. The van der Waals surface area contributed by atoms with Gasteiger partial charge in [0.1, 0.15) is 5.75 Å². The average Bonchev–Trinajstić information content (AvgIpc) is 2.36.